The summed E-state index contributed by atoms with van der Waals surface area (Å²) in [6, 6.07) is 20.3. The van der Waals surface area contributed by atoms with Gasteiger partial charge in [-0.25, -0.2) is 12.7 Å². The number of furan rings is 1. The van der Waals surface area contributed by atoms with Gasteiger partial charge in [0.1, 0.15) is 11.2 Å². The molecule has 1 fully saturated rings. The van der Waals surface area contributed by atoms with Gasteiger partial charge in [0.05, 0.1) is 5.75 Å². The number of para-hydroxylation sites is 1. The molecular formula is C25H23ClN2O4S. The Hall–Kier alpha value is -2.87. The van der Waals surface area contributed by atoms with Crippen LogP contribution in [0.5, 0.6) is 0 Å². The van der Waals surface area contributed by atoms with Gasteiger partial charge in [-0.3, -0.25) is 4.79 Å². The molecule has 6 nitrogen and oxygen atoms in total. The number of anilines is 1. The maximum Gasteiger partial charge on any atom is 0.227 e. The van der Waals surface area contributed by atoms with Gasteiger partial charge in [0.2, 0.25) is 15.9 Å². The second-order valence-electron chi connectivity index (χ2n) is 8.35. The number of rotatable bonds is 5. The van der Waals surface area contributed by atoms with Gasteiger partial charge in [0.25, 0.3) is 0 Å². The van der Waals surface area contributed by atoms with E-state index in [2.05, 4.69) is 5.32 Å². The van der Waals surface area contributed by atoms with Crippen LogP contribution in [-0.2, 0) is 20.6 Å². The average Bonchev–Trinajstić information content (AvgIpc) is 3.18. The smallest absolute Gasteiger partial charge is 0.227 e. The molecule has 8 heteroatoms. The SMILES string of the molecule is O=C(Nc1ccc2c(c1)oc1ccccc12)C1CCN(S(=O)(=O)Cc2ccc(Cl)cc2)CC1. The van der Waals surface area contributed by atoms with Crippen LogP contribution in [0.4, 0.5) is 5.69 Å². The van der Waals surface area contributed by atoms with E-state index in [4.69, 9.17) is 16.0 Å². The second kappa shape index (κ2) is 8.82. The molecule has 0 bridgehead atoms. The number of benzene rings is 3. The molecule has 5 rings (SSSR count). The zero-order chi connectivity index (χ0) is 23.0. The third kappa shape index (κ3) is 4.62. The van der Waals surface area contributed by atoms with Gasteiger partial charge >= 0.3 is 0 Å². The van der Waals surface area contributed by atoms with Crippen LogP contribution >= 0.6 is 11.6 Å². The molecule has 1 aromatic heterocycles. The van der Waals surface area contributed by atoms with Crippen LogP contribution in [0.15, 0.2) is 71.1 Å². The minimum atomic E-state index is -3.45. The topological polar surface area (TPSA) is 79.6 Å². The van der Waals surface area contributed by atoms with Crippen LogP contribution in [0.2, 0.25) is 5.02 Å². The molecule has 1 aliphatic heterocycles. The predicted octanol–water partition coefficient (Wildman–Crippen LogP) is 5.42. The zero-order valence-corrected chi connectivity index (χ0v) is 19.4. The van der Waals surface area contributed by atoms with Crippen molar-refractivity contribution in [2.45, 2.75) is 18.6 Å². The summed E-state index contributed by atoms with van der Waals surface area (Å²) < 4.78 is 32.9. The number of piperidine rings is 1. The molecule has 1 aliphatic rings. The molecule has 4 aromatic rings. The lowest BCUT2D eigenvalue weighted by Crippen LogP contribution is -2.41. The Balaban J connectivity index is 1.21. The summed E-state index contributed by atoms with van der Waals surface area (Å²) in [5.41, 5.74) is 2.89. The number of hydrogen-bond donors (Lipinski definition) is 1. The number of carbonyl (C=O) groups is 1. The zero-order valence-electron chi connectivity index (χ0n) is 17.8. The van der Waals surface area contributed by atoms with Crippen molar-refractivity contribution in [3.8, 4) is 0 Å². The van der Waals surface area contributed by atoms with Crippen molar-refractivity contribution in [2.75, 3.05) is 18.4 Å². The van der Waals surface area contributed by atoms with Crippen LogP contribution < -0.4 is 5.32 Å². The number of nitrogens with zero attached hydrogens (tertiary/aromatic N) is 1. The fourth-order valence-corrected chi connectivity index (χ4v) is 6.02. The van der Waals surface area contributed by atoms with Gasteiger partial charge in [-0.1, -0.05) is 41.9 Å². The van der Waals surface area contributed by atoms with Crippen LogP contribution in [0.1, 0.15) is 18.4 Å². The Morgan fingerprint density at radius 2 is 1.67 bits per heavy atom. The number of fused-ring (bicyclic) bond motifs is 3. The van der Waals surface area contributed by atoms with E-state index < -0.39 is 10.0 Å². The summed E-state index contributed by atoms with van der Waals surface area (Å²) in [4.78, 5) is 12.8. The first-order valence-corrected chi connectivity index (χ1v) is 12.8. The lowest BCUT2D eigenvalue weighted by Gasteiger charge is -2.30. The number of carbonyl (C=O) groups excluding carboxylic acids is 1. The molecule has 0 saturated carbocycles. The highest BCUT2D eigenvalue weighted by atomic mass is 35.5. The van der Waals surface area contributed by atoms with Gasteiger partial charge in [-0.2, -0.15) is 0 Å². The quantitative estimate of drug-likeness (QED) is 0.412. The molecule has 170 valence electrons. The lowest BCUT2D eigenvalue weighted by molar-refractivity contribution is -0.120. The number of amides is 1. The highest BCUT2D eigenvalue weighted by Gasteiger charge is 2.31. The van der Waals surface area contributed by atoms with Crippen molar-refractivity contribution in [1.29, 1.82) is 0 Å². The van der Waals surface area contributed by atoms with Crippen LogP contribution in [0.3, 0.4) is 0 Å². The fourth-order valence-electron chi connectivity index (χ4n) is 4.33. The van der Waals surface area contributed by atoms with E-state index in [1.165, 1.54) is 4.31 Å². The Bertz CT molecular complexity index is 1420. The van der Waals surface area contributed by atoms with E-state index in [0.29, 0.717) is 42.2 Å². The van der Waals surface area contributed by atoms with E-state index in [1.807, 2.05) is 42.5 Å². The summed E-state index contributed by atoms with van der Waals surface area (Å²) >= 11 is 5.88. The Morgan fingerprint density at radius 1 is 0.970 bits per heavy atom. The van der Waals surface area contributed by atoms with Crippen molar-refractivity contribution >= 4 is 55.2 Å². The van der Waals surface area contributed by atoms with E-state index in [0.717, 1.165) is 21.9 Å². The lowest BCUT2D eigenvalue weighted by atomic mass is 9.97. The van der Waals surface area contributed by atoms with Gasteiger partial charge in [0, 0.05) is 46.6 Å². The van der Waals surface area contributed by atoms with Gasteiger partial charge in [0.15, 0.2) is 0 Å². The first-order chi connectivity index (χ1) is 15.9. The summed E-state index contributed by atoms with van der Waals surface area (Å²) in [6.45, 7) is 0.660. The minimum Gasteiger partial charge on any atom is -0.456 e. The molecule has 33 heavy (non-hydrogen) atoms. The molecular weight excluding hydrogens is 460 g/mol. The van der Waals surface area contributed by atoms with Gasteiger partial charge in [-0.15, -0.1) is 0 Å². The molecule has 1 N–H and O–H groups in total. The van der Waals surface area contributed by atoms with Gasteiger partial charge < -0.3 is 9.73 Å². The maximum absolute atomic E-state index is 12.8. The van der Waals surface area contributed by atoms with Gasteiger partial charge in [-0.05, 0) is 48.7 Å². The van der Waals surface area contributed by atoms with E-state index in [-0.39, 0.29) is 17.6 Å². The fraction of sp³-hybridized carbons (Fsp3) is 0.240. The summed E-state index contributed by atoms with van der Waals surface area (Å²) in [5, 5.41) is 5.58. The van der Waals surface area contributed by atoms with Crippen molar-refractivity contribution in [1.82, 2.24) is 4.31 Å². The Kier molecular flexibility index (Phi) is 5.86. The van der Waals surface area contributed by atoms with Crippen molar-refractivity contribution in [3.05, 3.63) is 77.3 Å². The van der Waals surface area contributed by atoms with Crippen molar-refractivity contribution in [2.24, 2.45) is 5.92 Å². The molecule has 0 radical (unpaired) electrons. The first kappa shape index (κ1) is 21.9. The molecule has 1 amide bonds. The molecule has 3 aromatic carbocycles. The first-order valence-electron chi connectivity index (χ1n) is 10.8. The van der Waals surface area contributed by atoms with E-state index in [9.17, 15) is 13.2 Å². The average molecular weight is 483 g/mol. The predicted molar refractivity (Wildman–Crippen MR) is 131 cm³/mol. The number of halogens is 1. The third-order valence-corrected chi connectivity index (χ3v) is 8.23. The van der Waals surface area contributed by atoms with Crippen molar-refractivity contribution < 1.29 is 17.6 Å². The number of nitrogens with one attached hydrogen (secondary N) is 1. The van der Waals surface area contributed by atoms with E-state index in [1.54, 1.807) is 24.3 Å². The van der Waals surface area contributed by atoms with Crippen LogP contribution in [0.25, 0.3) is 21.9 Å². The summed E-state index contributed by atoms with van der Waals surface area (Å²) in [5.74, 6) is -0.406. The number of sulfonamides is 1. The molecule has 0 atom stereocenters. The monoisotopic (exact) mass is 482 g/mol. The third-order valence-electron chi connectivity index (χ3n) is 6.13. The standard InChI is InChI=1S/C25H23ClN2O4S/c26-19-7-5-17(6-8-19)16-33(30,31)28-13-11-18(12-14-28)25(29)27-20-9-10-22-21-3-1-2-4-23(21)32-24(22)15-20/h1-10,15,18H,11-14,16H2,(H,27,29). The molecule has 0 aliphatic carbocycles. The second-order valence-corrected chi connectivity index (χ2v) is 10.8. The molecule has 0 spiro atoms. The maximum atomic E-state index is 12.8. The summed E-state index contributed by atoms with van der Waals surface area (Å²) in [7, 11) is -3.45. The summed E-state index contributed by atoms with van der Waals surface area (Å²) in [6.07, 6.45) is 0.969. The molecule has 2 heterocycles. The minimum absolute atomic E-state index is 0.0709. The highest BCUT2D eigenvalue weighted by Crippen LogP contribution is 2.31. The Morgan fingerprint density at radius 3 is 2.42 bits per heavy atom. The van der Waals surface area contributed by atoms with Crippen LogP contribution in [-0.4, -0.2) is 31.7 Å². The highest BCUT2D eigenvalue weighted by molar-refractivity contribution is 7.88. The van der Waals surface area contributed by atoms with E-state index >= 15 is 0 Å². The molecule has 1 saturated heterocycles. The van der Waals surface area contributed by atoms with Crippen molar-refractivity contribution in [3.63, 3.8) is 0 Å². The normalized spacial score (nSPS) is 15.8. The largest absolute Gasteiger partial charge is 0.456 e. The molecule has 0 unspecified atom stereocenters. The number of hydrogen-bond acceptors (Lipinski definition) is 4. The van der Waals surface area contributed by atoms with Crippen LogP contribution in [0, 0.1) is 5.92 Å². The Labute approximate surface area is 197 Å².